The fraction of sp³-hybridized carbons (Fsp3) is 0.417. The summed E-state index contributed by atoms with van der Waals surface area (Å²) in [6, 6.07) is 4.98. The Balaban J connectivity index is 2.18. The lowest BCUT2D eigenvalue weighted by atomic mass is 10.0. The Bertz CT molecular complexity index is 630. The molecule has 1 aromatic carbocycles. The second kappa shape index (κ2) is 4.79. The van der Waals surface area contributed by atoms with Crippen molar-refractivity contribution in [3.05, 3.63) is 28.2 Å². The normalized spacial score (nSPS) is 25.2. The van der Waals surface area contributed by atoms with Gasteiger partial charge in [0.25, 0.3) is 5.91 Å². The molecule has 0 aromatic heterocycles. The SMILES string of the molecule is CC1(NC(=O)c2ccc(Br)cc2N)CCS(=O)(=O)C1. The molecule has 1 aliphatic rings. The van der Waals surface area contributed by atoms with E-state index in [-0.39, 0.29) is 17.4 Å². The Morgan fingerprint density at radius 2 is 2.16 bits per heavy atom. The van der Waals surface area contributed by atoms with E-state index in [2.05, 4.69) is 21.2 Å². The highest BCUT2D eigenvalue weighted by Crippen LogP contribution is 2.24. The van der Waals surface area contributed by atoms with Crippen molar-refractivity contribution in [2.24, 2.45) is 0 Å². The van der Waals surface area contributed by atoms with Gasteiger partial charge in [0, 0.05) is 10.2 Å². The van der Waals surface area contributed by atoms with Gasteiger partial charge in [-0.2, -0.15) is 0 Å². The molecule has 0 radical (unpaired) electrons. The summed E-state index contributed by atoms with van der Waals surface area (Å²) in [6.07, 6.45) is 0.428. The van der Waals surface area contributed by atoms with E-state index in [1.807, 2.05) is 0 Å². The molecule has 1 heterocycles. The Labute approximate surface area is 120 Å². The van der Waals surface area contributed by atoms with Crippen molar-refractivity contribution in [3.63, 3.8) is 0 Å². The molecule has 1 fully saturated rings. The zero-order valence-corrected chi connectivity index (χ0v) is 12.8. The number of halogens is 1. The van der Waals surface area contributed by atoms with Crippen LogP contribution < -0.4 is 11.1 Å². The number of amides is 1. The molecular weight excluding hydrogens is 332 g/mol. The third-order valence-electron chi connectivity index (χ3n) is 3.18. The molecule has 0 bridgehead atoms. The number of sulfone groups is 1. The zero-order valence-electron chi connectivity index (χ0n) is 10.4. The van der Waals surface area contributed by atoms with E-state index < -0.39 is 15.4 Å². The van der Waals surface area contributed by atoms with Gasteiger partial charge < -0.3 is 11.1 Å². The van der Waals surface area contributed by atoms with Gasteiger partial charge >= 0.3 is 0 Å². The van der Waals surface area contributed by atoms with E-state index >= 15 is 0 Å². The molecule has 104 valence electrons. The highest BCUT2D eigenvalue weighted by Gasteiger charge is 2.39. The van der Waals surface area contributed by atoms with E-state index in [1.165, 1.54) is 0 Å². The first-order valence-corrected chi connectivity index (χ1v) is 8.40. The van der Waals surface area contributed by atoms with E-state index in [1.54, 1.807) is 25.1 Å². The Kier molecular flexibility index (Phi) is 3.61. The lowest BCUT2D eigenvalue weighted by Crippen LogP contribution is -2.47. The number of nitrogens with two attached hydrogens (primary N) is 1. The maximum absolute atomic E-state index is 12.1. The van der Waals surface area contributed by atoms with Crippen molar-refractivity contribution in [2.45, 2.75) is 18.9 Å². The highest BCUT2D eigenvalue weighted by molar-refractivity contribution is 9.10. The summed E-state index contributed by atoms with van der Waals surface area (Å²) in [5.74, 6) is -0.258. The molecule has 3 N–H and O–H groups in total. The first-order valence-electron chi connectivity index (χ1n) is 5.79. The van der Waals surface area contributed by atoms with Gasteiger partial charge in [-0.15, -0.1) is 0 Å². The third kappa shape index (κ3) is 3.27. The molecule has 7 heteroatoms. The van der Waals surface area contributed by atoms with Gasteiger partial charge in [0.1, 0.15) is 0 Å². The van der Waals surface area contributed by atoms with Crippen LogP contribution in [0.5, 0.6) is 0 Å². The van der Waals surface area contributed by atoms with Crippen molar-refractivity contribution in [3.8, 4) is 0 Å². The maximum atomic E-state index is 12.1. The predicted molar refractivity (Wildman–Crippen MR) is 77.7 cm³/mol. The summed E-state index contributed by atoms with van der Waals surface area (Å²) in [5, 5.41) is 2.77. The molecule has 1 aliphatic heterocycles. The Morgan fingerprint density at radius 1 is 1.47 bits per heavy atom. The molecule has 0 spiro atoms. The molecule has 1 unspecified atom stereocenters. The summed E-state index contributed by atoms with van der Waals surface area (Å²) < 4.78 is 23.8. The van der Waals surface area contributed by atoms with E-state index in [0.29, 0.717) is 17.7 Å². The summed E-state index contributed by atoms with van der Waals surface area (Å²) >= 11 is 3.27. The summed E-state index contributed by atoms with van der Waals surface area (Å²) in [6.45, 7) is 1.74. The van der Waals surface area contributed by atoms with Crippen molar-refractivity contribution in [2.75, 3.05) is 17.2 Å². The molecular formula is C12H15BrN2O3S. The third-order valence-corrected chi connectivity index (χ3v) is 5.57. The van der Waals surface area contributed by atoms with Crippen LogP contribution in [0, 0.1) is 0 Å². The Hall–Kier alpha value is -1.08. The minimum Gasteiger partial charge on any atom is -0.398 e. The van der Waals surface area contributed by atoms with Crippen LogP contribution in [0.3, 0.4) is 0 Å². The van der Waals surface area contributed by atoms with E-state index in [9.17, 15) is 13.2 Å². The molecule has 2 rings (SSSR count). The largest absolute Gasteiger partial charge is 0.398 e. The predicted octanol–water partition coefficient (Wildman–Crippen LogP) is 1.34. The number of nitrogen functional groups attached to an aromatic ring is 1. The number of carbonyl (C=O) groups is 1. The first-order chi connectivity index (χ1) is 8.71. The van der Waals surface area contributed by atoms with Crippen LogP contribution in [-0.2, 0) is 9.84 Å². The number of rotatable bonds is 2. The van der Waals surface area contributed by atoms with Gasteiger partial charge in [-0.3, -0.25) is 4.79 Å². The van der Waals surface area contributed by atoms with Crippen LogP contribution in [0.25, 0.3) is 0 Å². The van der Waals surface area contributed by atoms with E-state index in [4.69, 9.17) is 5.73 Å². The van der Waals surface area contributed by atoms with Crippen LogP contribution in [0.15, 0.2) is 22.7 Å². The second-order valence-corrected chi connectivity index (χ2v) is 8.19. The fourth-order valence-corrected chi connectivity index (χ4v) is 4.66. The first kappa shape index (κ1) is 14.3. The number of anilines is 1. The molecule has 5 nitrogen and oxygen atoms in total. The lowest BCUT2D eigenvalue weighted by Gasteiger charge is -2.24. The van der Waals surface area contributed by atoms with Crippen LogP contribution >= 0.6 is 15.9 Å². The molecule has 1 atom stereocenters. The molecule has 1 aromatic rings. The lowest BCUT2D eigenvalue weighted by molar-refractivity contribution is 0.0916. The monoisotopic (exact) mass is 346 g/mol. The number of nitrogens with one attached hydrogen (secondary N) is 1. The zero-order chi connectivity index (χ0) is 14.3. The highest BCUT2D eigenvalue weighted by atomic mass is 79.9. The number of hydrogen-bond donors (Lipinski definition) is 2. The maximum Gasteiger partial charge on any atom is 0.253 e. The minimum atomic E-state index is -3.05. The smallest absolute Gasteiger partial charge is 0.253 e. The number of carbonyl (C=O) groups excluding carboxylic acids is 1. The molecule has 0 saturated carbocycles. The van der Waals surface area contributed by atoms with Crippen LogP contribution in [-0.4, -0.2) is 31.4 Å². The summed E-state index contributed by atoms with van der Waals surface area (Å²) in [7, 11) is -3.05. The minimum absolute atomic E-state index is 0.0256. The van der Waals surface area contributed by atoms with Crippen molar-refractivity contribution in [1.82, 2.24) is 5.32 Å². The molecule has 19 heavy (non-hydrogen) atoms. The standard InChI is InChI=1S/C12H15BrN2O3S/c1-12(4-5-19(17,18)7-12)15-11(16)9-3-2-8(13)6-10(9)14/h2-3,6H,4-5,7,14H2,1H3,(H,15,16). The van der Waals surface area contributed by atoms with Gasteiger partial charge in [-0.1, -0.05) is 15.9 Å². The van der Waals surface area contributed by atoms with Crippen molar-refractivity contribution >= 4 is 37.4 Å². The van der Waals surface area contributed by atoms with Gasteiger partial charge in [-0.05, 0) is 31.5 Å². The van der Waals surface area contributed by atoms with E-state index in [0.717, 1.165) is 4.47 Å². The van der Waals surface area contributed by atoms with Gasteiger partial charge in [0.2, 0.25) is 0 Å². The van der Waals surface area contributed by atoms with Crippen molar-refractivity contribution in [1.29, 1.82) is 0 Å². The summed E-state index contributed by atoms with van der Waals surface area (Å²) in [5.41, 5.74) is 5.78. The summed E-state index contributed by atoms with van der Waals surface area (Å²) in [4.78, 5) is 12.1. The fourth-order valence-electron chi connectivity index (χ4n) is 2.19. The number of hydrogen-bond acceptors (Lipinski definition) is 4. The average Bonchev–Trinajstić information content (AvgIpc) is 2.52. The van der Waals surface area contributed by atoms with Crippen molar-refractivity contribution < 1.29 is 13.2 Å². The quantitative estimate of drug-likeness (QED) is 0.790. The Morgan fingerprint density at radius 3 is 2.68 bits per heavy atom. The van der Waals surface area contributed by atoms with Crippen LogP contribution in [0.4, 0.5) is 5.69 Å². The van der Waals surface area contributed by atoms with Crippen LogP contribution in [0.2, 0.25) is 0 Å². The van der Waals surface area contributed by atoms with Gasteiger partial charge in [0.05, 0.1) is 22.6 Å². The van der Waals surface area contributed by atoms with Gasteiger partial charge in [-0.25, -0.2) is 8.42 Å². The van der Waals surface area contributed by atoms with Crippen LogP contribution in [0.1, 0.15) is 23.7 Å². The average molecular weight is 347 g/mol. The molecule has 1 saturated heterocycles. The second-order valence-electron chi connectivity index (χ2n) is 5.09. The topological polar surface area (TPSA) is 89.3 Å². The molecule has 1 amide bonds. The number of benzene rings is 1. The molecule has 0 aliphatic carbocycles. The van der Waals surface area contributed by atoms with Gasteiger partial charge in [0.15, 0.2) is 9.84 Å².